The zero-order chi connectivity index (χ0) is 12.3. The first-order valence-corrected chi connectivity index (χ1v) is 6.07. The lowest BCUT2D eigenvalue weighted by molar-refractivity contribution is 0.229. The number of benzene rings is 1. The van der Waals surface area contributed by atoms with Gasteiger partial charge in [-0.1, -0.05) is 11.6 Å². The topological polar surface area (TPSA) is 44.7 Å². The maximum atomic E-state index is 9.73. The zero-order valence-electron chi connectivity index (χ0n) is 9.87. The number of nitrogens with zero attached hydrogens (tertiary/aromatic N) is 1. The Labute approximate surface area is 106 Å². The van der Waals surface area contributed by atoms with Crippen LogP contribution in [0.1, 0.15) is 5.56 Å². The van der Waals surface area contributed by atoms with Crippen LogP contribution in [0.4, 0.5) is 0 Å². The van der Waals surface area contributed by atoms with Gasteiger partial charge in [0.25, 0.3) is 0 Å². The first-order chi connectivity index (χ1) is 8.22. The number of phenolic OH excluding ortho intramolecular Hbond substituents is 1. The molecule has 94 valence electrons. The first-order valence-electron chi connectivity index (χ1n) is 5.69. The van der Waals surface area contributed by atoms with Gasteiger partial charge in [0.15, 0.2) is 11.5 Å². The van der Waals surface area contributed by atoms with Gasteiger partial charge in [-0.3, -0.25) is 4.90 Å². The van der Waals surface area contributed by atoms with Crippen LogP contribution in [0, 0.1) is 0 Å². The van der Waals surface area contributed by atoms with E-state index in [1.54, 1.807) is 19.2 Å². The van der Waals surface area contributed by atoms with Crippen molar-refractivity contribution in [3.8, 4) is 11.5 Å². The van der Waals surface area contributed by atoms with Crippen molar-refractivity contribution in [1.82, 2.24) is 10.2 Å². The summed E-state index contributed by atoms with van der Waals surface area (Å²) in [5.41, 5.74) is 0.857. The Balaban J connectivity index is 2.21. The fourth-order valence-electron chi connectivity index (χ4n) is 2.06. The van der Waals surface area contributed by atoms with Crippen molar-refractivity contribution >= 4 is 11.6 Å². The van der Waals surface area contributed by atoms with E-state index in [2.05, 4.69) is 10.2 Å². The molecule has 1 saturated heterocycles. The Morgan fingerprint density at radius 3 is 2.76 bits per heavy atom. The smallest absolute Gasteiger partial charge is 0.166 e. The van der Waals surface area contributed by atoms with Crippen molar-refractivity contribution in [2.24, 2.45) is 0 Å². The van der Waals surface area contributed by atoms with Crippen molar-refractivity contribution in [3.05, 3.63) is 22.7 Å². The number of halogens is 1. The monoisotopic (exact) mass is 256 g/mol. The van der Waals surface area contributed by atoms with E-state index >= 15 is 0 Å². The number of rotatable bonds is 3. The molecule has 0 amide bonds. The van der Waals surface area contributed by atoms with Crippen LogP contribution in [0.2, 0.25) is 5.02 Å². The van der Waals surface area contributed by atoms with E-state index in [0.29, 0.717) is 17.3 Å². The molecule has 0 radical (unpaired) electrons. The molecule has 5 heteroatoms. The SMILES string of the molecule is COc1c(O)ccc(Cl)c1CN1CCNCC1. The second-order valence-electron chi connectivity index (χ2n) is 4.10. The highest BCUT2D eigenvalue weighted by atomic mass is 35.5. The van der Waals surface area contributed by atoms with Crippen molar-refractivity contribution in [2.45, 2.75) is 6.54 Å². The molecule has 1 heterocycles. The normalized spacial score (nSPS) is 17.1. The lowest BCUT2D eigenvalue weighted by atomic mass is 10.1. The maximum absolute atomic E-state index is 9.73. The van der Waals surface area contributed by atoms with E-state index in [-0.39, 0.29) is 5.75 Å². The Kier molecular flexibility index (Phi) is 4.10. The maximum Gasteiger partial charge on any atom is 0.166 e. The van der Waals surface area contributed by atoms with E-state index in [9.17, 15) is 5.11 Å². The third-order valence-corrected chi connectivity index (χ3v) is 3.33. The summed E-state index contributed by atoms with van der Waals surface area (Å²) in [6.07, 6.45) is 0. The van der Waals surface area contributed by atoms with Crippen LogP contribution < -0.4 is 10.1 Å². The molecule has 17 heavy (non-hydrogen) atoms. The summed E-state index contributed by atoms with van der Waals surface area (Å²) in [5.74, 6) is 0.623. The average molecular weight is 257 g/mol. The quantitative estimate of drug-likeness (QED) is 0.860. The van der Waals surface area contributed by atoms with Crippen molar-refractivity contribution in [2.75, 3.05) is 33.3 Å². The highest BCUT2D eigenvalue weighted by molar-refractivity contribution is 6.31. The van der Waals surface area contributed by atoms with Crippen molar-refractivity contribution < 1.29 is 9.84 Å². The van der Waals surface area contributed by atoms with Crippen LogP contribution in [0.5, 0.6) is 11.5 Å². The van der Waals surface area contributed by atoms with Crippen molar-refractivity contribution in [3.63, 3.8) is 0 Å². The molecule has 4 nitrogen and oxygen atoms in total. The van der Waals surface area contributed by atoms with Gasteiger partial charge in [0, 0.05) is 43.3 Å². The summed E-state index contributed by atoms with van der Waals surface area (Å²) >= 11 is 6.17. The van der Waals surface area contributed by atoms with E-state index in [1.807, 2.05) is 0 Å². The highest BCUT2D eigenvalue weighted by Gasteiger charge is 2.17. The number of hydrogen-bond donors (Lipinski definition) is 2. The van der Waals surface area contributed by atoms with Gasteiger partial charge in [-0.25, -0.2) is 0 Å². The third-order valence-electron chi connectivity index (χ3n) is 2.98. The molecule has 1 aliphatic rings. The number of methoxy groups -OCH3 is 1. The predicted octanol–water partition coefficient (Wildman–Crippen LogP) is 1.46. The molecule has 1 fully saturated rings. The average Bonchev–Trinajstić information content (AvgIpc) is 2.35. The molecule has 0 unspecified atom stereocenters. The summed E-state index contributed by atoms with van der Waals surface area (Å²) in [5, 5.41) is 13.7. The van der Waals surface area contributed by atoms with E-state index in [0.717, 1.165) is 31.7 Å². The van der Waals surface area contributed by atoms with Crippen LogP contribution in [0.3, 0.4) is 0 Å². The van der Waals surface area contributed by atoms with Gasteiger partial charge in [-0.2, -0.15) is 0 Å². The number of phenols is 1. The summed E-state index contributed by atoms with van der Waals surface area (Å²) in [7, 11) is 1.55. The molecule has 0 bridgehead atoms. The Morgan fingerprint density at radius 1 is 1.41 bits per heavy atom. The standard InChI is InChI=1S/C12H17ClN2O2/c1-17-12-9(10(13)2-3-11(12)16)8-15-6-4-14-5-7-15/h2-3,14,16H,4-8H2,1H3. The third kappa shape index (κ3) is 2.83. The number of nitrogens with one attached hydrogen (secondary N) is 1. The van der Waals surface area contributed by atoms with Gasteiger partial charge >= 0.3 is 0 Å². The summed E-state index contributed by atoms with van der Waals surface area (Å²) < 4.78 is 5.22. The molecule has 0 saturated carbocycles. The lowest BCUT2D eigenvalue weighted by Crippen LogP contribution is -2.42. The van der Waals surface area contributed by atoms with Gasteiger partial charge in [0.2, 0.25) is 0 Å². The second kappa shape index (κ2) is 5.58. The molecule has 1 aromatic rings. The van der Waals surface area contributed by atoms with Gasteiger partial charge < -0.3 is 15.2 Å². The minimum absolute atomic E-state index is 0.141. The molecule has 2 rings (SSSR count). The Hall–Kier alpha value is -0.970. The molecular weight excluding hydrogens is 240 g/mol. The van der Waals surface area contributed by atoms with Crippen LogP contribution in [-0.2, 0) is 6.54 Å². The molecule has 1 aliphatic heterocycles. The molecule has 0 aromatic heterocycles. The van der Waals surface area contributed by atoms with Crippen LogP contribution in [0.15, 0.2) is 12.1 Å². The zero-order valence-corrected chi connectivity index (χ0v) is 10.6. The van der Waals surface area contributed by atoms with E-state index < -0.39 is 0 Å². The number of piperazine rings is 1. The minimum Gasteiger partial charge on any atom is -0.504 e. The van der Waals surface area contributed by atoms with E-state index in [1.165, 1.54) is 0 Å². The van der Waals surface area contributed by atoms with Gasteiger partial charge in [-0.05, 0) is 12.1 Å². The van der Waals surface area contributed by atoms with Gasteiger partial charge in [0.1, 0.15) is 0 Å². The van der Waals surface area contributed by atoms with Crippen LogP contribution in [0.25, 0.3) is 0 Å². The molecule has 0 atom stereocenters. The van der Waals surface area contributed by atoms with Crippen molar-refractivity contribution in [1.29, 1.82) is 0 Å². The second-order valence-corrected chi connectivity index (χ2v) is 4.51. The first kappa shape index (κ1) is 12.5. The highest BCUT2D eigenvalue weighted by Crippen LogP contribution is 2.35. The summed E-state index contributed by atoms with van der Waals surface area (Å²) in [6.45, 7) is 4.64. The molecular formula is C12H17ClN2O2. The Morgan fingerprint density at radius 2 is 2.12 bits per heavy atom. The number of aromatic hydroxyl groups is 1. The Bertz CT molecular complexity index is 392. The fourth-order valence-corrected chi connectivity index (χ4v) is 2.27. The van der Waals surface area contributed by atoms with Crippen LogP contribution >= 0.6 is 11.6 Å². The number of ether oxygens (including phenoxy) is 1. The summed E-state index contributed by atoms with van der Waals surface area (Å²) in [6, 6.07) is 3.26. The van der Waals surface area contributed by atoms with Gasteiger partial charge in [0.05, 0.1) is 7.11 Å². The summed E-state index contributed by atoms with van der Waals surface area (Å²) in [4.78, 5) is 2.29. The largest absolute Gasteiger partial charge is 0.504 e. The van der Waals surface area contributed by atoms with Gasteiger partial charge in [-0.15, -0.1) is 0 Å². The molecule has 2 N–H and O–H groups in total. The number of hydrogen-bond acceptors (Lipinski definition) is 4. The lowest BCUT2D eigenvalue weighted by Gasteiger charge is -2.28. The fraction of sp³-hybridized carbons (Fsp3) is 0.500. The van der Waals surface area contributed by atoms with E-state index in [4.69, 9.17) is 16.3 Å². The molecule has 0 spiro atoms. The van der Waals surface area contributed by atoms with Crippen LogP contribution in [-0.4, -0.2) is 43.3 Å². The molecule has 1 aromatic carbocycles. The predicted molar refractivity (Wildman–Crippen MR) is 67.8 cm³/mol. The molecule has 0 aliphatic carbocycles. The minimum atomic E-state index is 0.141.